The van der Waals surface area contributed by atoms with Crippen molar-refractivity contribution in [3.8, 4) is 0 Å². The molecule has 1 aromatic carbocycles. The topological polar surface area (TPSA) is 49.5 Å². The molecule has 1 aromatic heterocycles. The molecule has 0 radical (unpaired) electrons. The summed E-state index contributed by atoms with van der Waals surface area (Å²) in [6.45, 7) is 8.50. The highest BCUT2D eigenvalue weighted by atomic mass is 32.1. The van der Waals surface area contributed by atoms with Gasteiger partial charge in [-0.25, -0.2) is 0 Å². The van der Waals surface area contributed by atoms with E-state index in [4.69, 9.17) is 0 Å². The van der Waals surface area contributed by atoms with E-state index in [1.807, 2.05) is 51.5 Å². The molecule has 2 aromatic rings. The van der Waals surface area contributed by atoms with Gasteiger partial charge in [0.2, 0.25) is 0 Å². The lowest BCUT2D eigenvalue weighted by molar-refractivity contribution is -0.917. The van der Waals surface area contributed by atoms with Crippen molar-refractivity contribution < 1.29 is 19.4 Å². The van der Waals surface area contributed by atoms with Gasteiger partial charge in [0, 0.05) is 5.56 Å². The van der Waals surface area contributed by atoms with E-state index in [9.17, 15) is 9.59 Å². The normalized spacial score (nSPS) is 18.8. The zero-order chi connectivity index (χ0) is 20.1. The molecule has 29 heavy (non-hydrogen) atoms. The molecular formula is C22H30N4O2S+2. The van der Waals surface area contributed by atoms with Crippen molar-refractivity contribution in [2.75, 3.05) is 58.9 Å². The van der Waals surface area contributed by atoms with Crippen molar-refractivity contribution in [2.45, 2.75) is 6.54 Å². The Labute approximate surface area is 176 Å². The number of hydrogen-bond donors (Lipinski definition) is 2. The first-order valence-electron chi connectivity index (χ1n) is 10.5. The van der Waals surface area contributed by atoms with Gasteiger partial charge in [-0.3, -0.25) is 9.59 Å². The maximum atomic E-state index is 12.7. The van der Waals surface area contributed by atoms with Crippen LogP contribution in [0.5, 0.6) is 0 Å². The van der Waals surface area contributed by atoms with E-state index in [2.05, 4.69) is 17.5 Å². The summed E-state index contributed by atoms with van der Waals surface area (Å²) in [5, 5.41) is 2.13. The smallest absolute Gasteiger partial charge is 0.278 e. The van der Waals surface area contributed by atoms with Crippen LogP contribution in [-0.4, -0.2) is 80.5 Å². The lowest BCUT2D eigenvalue weighted by atomic mass is 10.2. The van der Waals surface area contributed by atoms with Crippen LogP contribution >= 0.6 is 11.3 Å². The van der Waals surface area contributed by atoms with E-state index in [0.29, 0.717) is 6.54 Å². The fourth-order valence-electron chi connectivity index (χ4n) is 4.20. The van der Waals surface area contributed by atoms with Gasteiger partial charge < -0.3 is 19.6 Å². The molecule has 0 spiro atoms. The molecule has 2 fully saturated rings. The Morgan fingerprint density at radius 3 is 2.14 bits per heavy atom. The van der Waals surface area contributed by atoms with Gasteiger partial charge in [0.15, 0.2) is 6.54 Å². The van der Waals surface area contributed by atoms with Crippen molar-refractivity contribution in [3.63, 3.8) is 0 Å². The number of benzene rings is 1. The molecule has 2 saturated heterocycles. The van der Waals surface area contributed by atoms with Gasteiger partial charge in [0.05, 0.1) is 57.2 Å². The second kappa shape index (κ2) is 9.52. The summed E-state index contributed by atoms with van der Waals surface area (Å²) < 4.78 is 0. The zero-order valence-corrected chi connectivity index (χ0v) is 17.6. The third-order valence-electron chi connectivity index (χ3n) is 6.01. The maximum absolute atomic E-state index is 12.7. The van der Waals surface area contributed by atoms with Gasteiger partial charge >= 0.3 is 0 Å². The molecule has 0 bridgehead atoms. The van der Waals surface area contributed by atoms with Gasteiger partial charge in [-0.05, 0) is 23.6 Å². The average molecular weight is 415 g/mol. The number of nitrogens with one attached hydrogen (secondary N) is 2. The van der Waals surface area contributed by atoms with Crippen molar-refractivity contribution in [2.24, 2.45) is 0 Å². The second-order valence-electron chi connectivity index (χ2n) is 7.97. The Morgan fingerprint density at radius 2 is 1.48 bits per heavy atom. The Morgan fingerprint density at radius 1 is 0.828 bits per heavy atom. The van der Waals surface area contributed by atoms with E-state index < -0.39 is 0 Å². The Kier molecular flexibility index (Phi) is 6.59. The van der Waals surface area contributed by atoms with Crippen LogP contribution in [0.25, 0.3) is 0 Å². The minimum Gasteiger partial charge on any atom is -0.328 e. The molecule has 7 heteroatoms. The number of rotatable bonds is 5. The molecule has 6 nitrogen and oxygen atoms in total. The molecule has 3 heterocycles. The maximum Gasteiger partial charge on any atom is 0.278 e. The Hall–Kier alpha value is -2.22. The summed E-state index contributed by atoms with van der Waals surface area (Å²) >= 11 is 1.81. The molecule has 2 N–H and O–H groups in total. The fraction of sp³-hybridized carbons (Fsp3) is 0.455. The van der Waals surface area contributed by atoms with E-state index in [1.54, 1.807) is 4.90 Å². The lowest BCUT2D eigenvalue weighted by Gasteiger charge is -2.35. The van der Waals surface area contributed by atoms with Crippen LogP contribution in [-0.2, 0) is 11.3 Å². The predicted molar refractivity (Wildman–Crippen MR) is 113 cm³/mol. The second-order valence-corrected chi connectivity index (χ2v) is 9.00. The summed E-state index contributed by atoms with van der Waals surface area (Å²) in [6.07, 6.45) is 0. The fourth-order valence-corrected chi connectivity index (χ4v) is 4.98. The minimum absolute atomic E-state index is 0.0980. The van der Waals surface area contributed by atoms with Crippen LogP contribution in [0.4, 0.5) is 0 Å². The SMILES string of the molecule is O=C(C[NH+]1CCN(C(=O)c2ccccc2)CC1)N1CC[NH+](Cc2cccs2)CC1. The van der Waals surface area contributed by atoms with Crippen molar-refractivity contribution in [1.82, 2.24) is 9.80 Å². The number of hydrogen-bond acceptors (Lipinski definition) is 3. The van der Waals surface area contributed by atoms with Gasteiger partial charge in [-0.2, -0.15) is 0 Å². The van der Waals surface area contributed by atoms with Crippen molar-refractivity contribution in [1.29, 1.82) is 0 Å². The summed E-state index contributed by atoms with van der Waals surface area (Å²) in [5.74, 6) is 0.360. The number of thiophene rings is 1. The molecule has 0 saturated carbocycles. The van der Waals surface area contributed by atoms with E-state index >= 15 is 0 Å². The van der Waals surface area contributed by atoms with Crippen LogP contribution in [0.3, 0.4) is 0 Å². The van der Waals surface area contributed by atoms with Crippen molar-refractivity contribution >= 4 is 23.2 Å². The Bertz CT molecular complexity index is 795. The standard InChI is InChI=1S/C22H28N4O2S/c27-21(25-12-8-23(9-13-25)17-20-7-4-16-29-20)18-24-10-14-26(15-11-24)22(28)19-5-2-1-3-6-19/h1-7,16H,8-15,17-18H2/p+2. The van der Waals surface area contributed by atoms with E-state index in [0.717, 1.165) is 64.5 Å². The number of amides is 2. The van der Waals surface area contributed by atoms with Crippen LogP contribution in [0.1, 0.15) is 15.2 Å². The number of piperazine rings is 2. The molecule has 0 atom stereocenters. The van der Waals surface area contributed by atoms with Gasteiger partial charge in [-0.1, -0.05) is 24.3 Å². The largest absolute Gasteiger partial charge is 0.328 e. The summed E-state index contributed by atoms with van der Waals surface area (Å²) in [7, 11) is 0. The highest BCUT2D eigenvalue weighted by molar-refractivity contribution is 7.09. The van der Waals surface area contributed by atoms with Crippen LogP contribution in [0.15, 0.2) is 47.8 Å². The monoisotopic (exact) mass is 414 g/mol. The van der Waals surface area contributed by atoms with Crippen molar-refractivity contribution in [3.05, 3.63) is 58.3 Å². The first kappa shape index (κ1) is 20.1. The molecule has 0 aliphatic carbocycles. The highest BCUT2D eigenvalue weighted by Gasteiger charge is 2.29. The van der Waals surface area contributed by atoms with Gasteiger partial charge in [0.25, 0.3) is 11.8 Å². The molecule has 0 unspecified atom stereocenters. The highest BCUT2D eigenvalue weighted by Crippen LogP contribution is 2.06. The van der Waals surface area contributed by atoms with Gasteiger partial charge in [0.1, 0.15) is 6.54 Å². The summed E-state index contributed by atoms with van der Waals surface area (Å²) in [4.78, 5) is 33.5. The molecular weight excluding hydrogens is 384 g/mol. The molecule has 2 aliphatic heterocycles. The summed E-state index contributed by atoms with van der Waals surface area (Å²) in [6, 6.07) is 13.8. The molecule has 154 valence electrons. The molecule has 2 amide bonds. The zero-order valence-electron chi connectivity index (χ0n) is 16.8. The van der Waals surface area contributed by atoms with Crippen LogP contribution in [0.2, 0.25) is 0 Å². The predicted octanol–water partition coefficient (Wildman–Crippen LogP) is -0.984. The average Bonchev–Trinajstić information content (AvgIpc) is 3.28. The first-order chi connectivity index (χ1) is 14.2. The lowest BCUT2D eigenvalue weighted by Crippen LogP contribution is -3.16. The molecule has 4 rings (SSSR count). The number of carbonyl (C=O) groups is 2. The third-order valence-corrected chi connectivity index (χ3v) is 6.88. The number of nitrogens with zero attached hydrogens (tertiary/aromatic N) is 2. The summed E-state index contributed by atoms with van der Waals surface area (Å²) in [5.41, 5.74) is 0.745. The first-order valence-corrected chi connectivity index (χ1v) is 11.4. The molecule has 2 aliphatic rings. The quantitative estimate of drug-likeness (QED) is 0.661. The minimum atomic E-state index is 0.0980. The number of quaternary nitrogens is 2. The Balaban J connectivity index is 1.19. The van der Waals surface area contributed by atoms with E-state index in [1.165, 1.54) is 9.78 Å². The third kappa shape index (κ3) is 5.23. The van der Waals surface area contributed by atoms with Crippen LogP contribution in [0, 0.1) is 0 Å². The van der Waals surface area contributed by atoms with E-state index in [-0.39, 0.29) is 11.8 Å². The van der Waals surface area contributed by atoms with Crippen LogP contribution < -0.4 is 9.80 Å². The number of carbonyl (C=O) groups excluding carboxylic acids is 2. The van der Waals surface area contributed by atoms with Gasteiger partial charge in [-0.15, -0.1) is 11.3 Å².